The van der Waals surface area contributed by atoms with Crippen molar-refractivity contribution in [3.8, 4) is 6.07 Å². The molecule has 1 aromatic heterocycles. The van der Waals surface area contributed by atoms with Crippen LogP contribution in [0.1, 0.15) is 22.5 Å². The number of nitrogens with one attached hydrogen (secondary N) is 1. The maximum atomic E-state index is 11.3. The summed E-state index contributed by atoms with van der Waals surface area (Å²) in [6.45, 7) is 2.40. The van der Waals surface area contributed by atoms with Gasteiger partial charge in [0.25, 0.3) is 5.91 Å². The Bertz CT molecular complexity index is 438. The van der Waals surface area contributed by atoms with E-state index in [4.69, 9.17) is 20.3 Å². The lowest BCUT2D eigenvalue weighted by Crippen LogP contribution is -2.29. The van der Waals surface area contributed by atoms with Gasteiger partial charge in [-0.15, -0.1) is 0 Å². The molecule has 0 aliphatic carbocycles. The van der Waals surface area contributed by atoms with Crippen LogP contribution < -0.4 is 11.3 Å². The molecule has 0 radical (unpaired) electrons. The number of nitrogen functional groups attached to an aromatic ring is 1. The lowest BCUT2D eigenvalue weighted by Gasteiger charge is -2.19. The number of nitriles is 1. The summed E-state index contributed by atoms with van der Waals surface area (Å²) in [5.74, 6) is 5.29. The Morgan fingerprint density at radius 1 is 1.63 bits per heavy atom. The van der Waals surface area contributed by atoms with Crippen molar-refractivity contribution in [3.63, 3.8) is 0 Å². The molecule has 0 aliphatic rings. The minimum absolute atomic E-state index is 0.379. The van der Waals surface area contributed by atoms with Gasteiger partial charge in [0.15, 0.2) is 0 Å². The van der Waals surface area contributed by atoms with Crippen LogP contribution >= 0.6 is 0 Å². The number of hydrogen-bond acceptors (Lipinski definition) is 6. The molecule has 0 aromatic carbocycles. The standard InChI is InChI=1S/C12H18N4O3/c1-18-6-5-16(4-2-3-13)8-11-7-10(9-19-11)12(17)15-14/h7,9H,2,4-6,8,14H2,1H3,(H,15,17). The van der Waals surface area contributed by atoms with Crippen LogP contribution in [0.2, 0.25) is 0 Å². The number of nitrogens with zero attached hydrogens (tertiary/aromatic N) is 2. The molecule has 0 fully saturated rings. The number of nitrogens with two attached hydrogens (primary N) is 1. The van der Waals surface area contributed by atoms with Crippen LogP contribution in [0.25, 0.3) is 0 Å². The molecule has 0 saturated carbocycles. The van der Waals surface area contributed by atoms with Gasteiger partial charge in [-0.3, -0.25) is 15.1 Å². The average Bonchev–Trinajstić information content (AvgIpc) is 2.89. The number of hydrogen-bond donors (Lipinski definition) is 2. The van der Waals surface area contributed by atoms with E-state index in [1.807, 2.05) is 10.3 Å². The van der Waals surface area contributed by atoms with Gasteiger partial charge in [-0.1, -0.05) is 0 Å². The fourth-order valence-corrected chi connectivity index (χ4v) is 1.58. The van der Waals surface area contributed by atoms with Gasteiger partial charge in [0.2, 0.25) is 0 Å². The Labute approximate surface area is 111 Å². The molecule has 19 heavy (non-hydrogen) atoms. The number of carbonyl (C=O) groups excluding carboxylic acids is 1. The third kappa shape index (κ3) is 5.09. The molecular formula is C12H18N4O3. The predicted molar refractivity (Wildman–Crippen MR) is 67.7 cm³/mol. The largest absolute Gasteiger partial charge is 0.467 e. The molecule has 0 aliphatic heterocycles. The van der Waals surface area contributed by atoms with E-state index in [9.17, 15) is 4.79 Å². The van der Waals surface area contributed by atoms with Gasteiger partial charge in [-0.05, 0) is 6.07 Å². The summed E-state index contributed by atoms with van der Waals surface area (Å²) in [5, 5.41) is 8.62. The first kappa shape index (κ1) is 15.2. The first-order chi connectivity index (χ1) is 9.21. The molecular weight excluding hydrogens is 248 g/mol. The van der Waals surface area contributed by atoms with E-state index in [2.05, 4.69) is 6.07 Å². The first-order valence-corrected chi connectivity index (χ1v) is 5.87. The fourth-order valence-electron chi connectivity index (χ4n) is 1.58. The van der Waals surface area contributed by atoms with Gasteiger partial charge in [0.05, 0.1) is 24.8 Å². The molecule has 7 heteroatoms. The minimum atomic E-state index is -0.393. The molecule has 1 aromatic rings. The van der Waals surface area contributed by atoms with Gasteiger partial charge in [-0.25, -0.2) is 5.84 Å². The maximum Gasteiger partial charge on any atom is 0.268 e. The van der Waals surface area contributed by atoms with Crippen LogP contribution in [0.4, 0.5) is 0 Å². The lowest BCUT2D eigenvalue weighted by atomic mass is 10.3. The second-order valence-corrected chi connectivity index (χ2v) is 3.95. The van der Waals surface area contributed by atoms with E-state index in [0.717, 1.165) is 0 Å². The van der Waals surface area contributed by atoms with Crippen molar-refractivity contribution >= 4 is 5.91 Å². The minimum Gasteiger partial charge on any atom is -0.467 e. The summed E-state index contributed by atoms with van der Waals surface area (Å²) >= 11 is 0. The maximum absolute atomic E-state index is 11.3. The van der Waals surface area contributed by atoms with Crippen LogP contribution in [-0.4, -0.2) is 37.6 Å². The number of hydrazine groups is 1. The predicted octanol–water partition coefficient (Wildman–Crippen LogP) is 0.245. The normalized spacial score (nSPS) is 10.4. The Morgan fingerprint density at radius 2 is 2.42 bits per heavy atom. The molecule has 1 amide bonds. The Balaban J connectivity index is 2.59. The molecule has 1 heterocycles. The van der Waals surface area contributed by atoms with Crippen LogP contribution in [0.5, 0.6) is 0 Å². The summed E-state index contributed by atoms with van der Waals surface area (Å²) in [4.78, 5) is 13.3. The van der Waals surface area contributed by atoms with Crippen LogP contribution in [0, 0.1) is 11.3 Å². The number of carbonyl (C=O) groups is 1. The van der Waals surface area contributed by atoms with Gasteiger partial charge >= 0.3 is 0 Å². The Kier molecular flexibility index (Phi) is 6.60. The van der Waals surface area contributed by atoms with E-state index in [0.29, 0.717) is 44.0 Å². The third-order valence-electron chi connectivity index (χ3n) is 2.58. The van der Waals surface area contributed by atoms with Crippen molar-refractivity contribution in [3.05, 3.63) is 23.7 Å². The highest BCUT2D eigenvalue weighted by Crippen LogP contribution is 2.10. The molecule has 3 N–H and O–H groups in total. The zero-order valence-electron chi connectivity index (χ0n) is 10.9. The number of ether oxygens (including phenoxy) is 1. The molecule has 0 bridgehead atoms. The number of amides is 1. The van der Waals surface area contributed by atoms with E-state index in [1.165, 1.54) is 6.26 Å². The number of rotatable bonds is 8. The summed E-state index contributed by atoms with van der Waals surface area (Å²) in [6, 6.07) is 3.73. The molecule has 1 rings (SSSR count). The van der Waals surface area contributed by atoms with E-state index >= 15 is 0 Å². The van der Waals surface area contributed by atoms with Gasteiger partial charge < -0.3 is 9.15 Å². The lowest BCUT2D eigenvalue weighted by molar-refractivity contribution is 0.0953. The highest BCUT2D eigenvalue weighted by molar-refractivity contribution is 5.93. The molecule has 7 nitrogen and oxygen atoms in total. The molecule has 0 saturated heterocycles. The van der Waals surface area contributed by atoms with Crippen LogP contribution in [-0.2, 0) is 11.3 Å². The average molecular weight is 266 g/mol. The quantitative estimate of drug-likeness (QED) is 0.397. The van der Waals surface area contributed by atoms with E-state index in [1.54, 1.807) is 13.2 Å². The number of furan rings is 1. The van der Waals surface area contributed by atoms with Crippen molar-refractivity contribution in [2.24, 2.45) is 5.84 Å². The van der Waals surface area contributed by atoms with Gasteiger partial charge in [0, 0.05) is 26.6 Å². The smallest absolute Gasteiger partial charge is 0.268 e. The van der Waals surface area contributed by atoms with Crippen molar-refractivity contribution in [1.82, 2.24) is 10.3 Å². The first-order valence-electron chi connectivity index (χ1n) is 5.87. The topological polar surface area (TPSA) is 105 Å². The van der Waals surface area contributed by atoms with Crippen molar-refractivity contribution in [2.45, 2.75) is 13.0 Å². The molecule has 0 spiro atoms. The highest BCUT2D eigenvalue weighted by atomic mass is 16.5. The SMILES string of the molecule is COCCN(CCC#N)Cc1cc(C(=O)NN)co1. The summed E-state index contributed by atoms with van der Waals surface area (Å²) in [6.07, 6.45) is 1.79. The van der Waals surface area contributed by atoms with E-state index in [-0.39, 0.29) is 0 Å². The highest BCUT2D eigenvalue weighted by Gasteiger charge is 2.12. The van der Waals surface area contributed by atoms with Gasteiger partial charge in [0.1, 0.15) is 12.0 Å². The van der Waals surface area contributed by atoms with Crippen LogP contribution in [0.15, 0.2) is 16.7 Å². The second-order valence-electron chi connectivity index (χ2n) is 3.95. The monoisotopic (exact) mass is 266 g/mol. The third-order valence-corrected chi connectivity index (χ3v) is 2.58. The molecule has 104 valence electrons. The Morgan fingerprint density at radius 3 is 3.05 bits per heavy atom. The number of methoxy groups -OCH3 is 1. The van der Waals surface area contributed by atoms with Crippen molar-refractivity contribution < 1.29 is 13.9 Å². The molecule has 0 atom stereocenters. The zero-order chi connectivity index (χ0) is 14.1. The zero-order valence-corrected chi connectivity index (χ0v) is 10.9. The Hall–Kier alpha value is -1.88. The summed E-state index contributed by atoms with van der Waals surface area (Å²) < 4.78 is 10.3. The second kappa shape index (κ2) is 8.26. The fraction of sp³-hybridized carbons (Fsp3) is 0.500. The summed E-state index contributed by atoms with van der Waals surface area (Å²) in [7, 11) is 1.62. The van der Waals surface area contributed by atoms with Crippen LogP contribution in [0.3, 0.4) is 0 Å². The van der Waals surface area contributed by atoms with Gasteiger partial charge in [-0.2, -0.15) is 5.26 Å². The van der Waals surface area contributed by atoms with E-state index < -0.39 is 5.91 Å². The molecule has 0 unspecified atom stereocenters. The van der Waals surface area contributed by atoms with Crippen molar-refractivity contribution in [1.29, 1.82) is 5.26 Å². The summed E-state index contributed by atoms with van der Waals surface area (Å²) in [5.41, 5.74) is 2.42. The van der Waals surface area contributed by atoms with Crippen molar-refractivity contribution in [2.75, 3.05) is 26.8 Å².